The van der Waals surface area contributed by atoms with Crippen LogP contribution in [0, 0.1) is 5.82 Å². The van der Waals surface area contributed by atoms with Gasteiger partial charge in [0.1, 0.15) is 18.2 Å². The summed E-state index contributed by atoms with van der Waals surface area (Å²) >= 11 is 0. The smallest absolute Gasteiger partial charge is 0.244 e. The zero-order chi connectivity index (χ0) is 24.6. The first-order valence-electron chi connectivity index (χ1n) is 12.1. The van der Waals surface area contributed by atoms with Crippen LogP contribution < -0.4 is 10.7 Å². The summed E-state index contributed by atoms with van der Waals surface area (Å²) in [6, 6.07) is 19.0. The van der Waals surface area contributed by atoms with Crippen LogP contribution in [0.15, 0.2) is 71.5 Å². The number of rotatable bonds is 4. The van der Waals surface area contributed by atoms with Crippen molar-refractivity contribution in [2.24, 2.45) is 0 Å². The number of benzene rings is 3. The Morgan fingerprint density at radius 2 is 1.64 bits per heavy atom. The first-order chi connectivity index (χ1) is 17.6. The van der Waals surface area contributed by atoms with Crippen molar-refractivity contribution in [2.75, 3.05) is 5.32 Å². The summed E-state index contributed by atoms with van der Waals surface area (Å²) in [5.41, 5.74) is 2.00. The summed E-state index contributed by atoms with van der Waals surface area (Å²) in [6.07, 6.45) is 4.14. The lowest BCUT2D eigenvalue weighted by atomic mass is 10.1. The lowest BCUT2D eigenvalue weighted by Crippen LogP contribution is -2.22. The Bertz CT molecular complexity index is 1630. The van der Waals surface area contributed by atoms with E-state index in [1.54, 1.807) is 41.0 Å². The second-order valence-electron chi connectivity index (χ2n) is 9.09. The van der Waals surface area contributed by atoms with Gasteiger partial charge in [-0.1, -0.05) is 30.7 Å². The van der Waals surface area contributed by atoms with Crippen LogP contribution in [-0.2, 0) is 24.3 Å². The normalized spacial score (nSPS) is 13.5. The highest BCUT2D eigenvalue weighted by Crippen LogP contribution is 2.27. The van der Waals surface area contributed by atoms with Gasteiger partial charge in [-0.25, -0.2) is 4.39 Å². The molecule has 1 aliphatic heterocycles. The van der Waals surface area contributed by atoms with Crippen molar-refractivity contribution in [3.05, 3.63) is 88.6 Å². The Morgan fingerprint density at radius 1 is 0.917 bits per heavy atom. The van der Waals surface area contributed by atoms with Gasteiger partial charge in [0.2, 0.25) is 5.91 Å². The summed E-state index contributed by atoms with van der Waals surface area (Å²) in [4.78, 5) is 26.1. The van der Waals surface area contributed by atoms with Gasteiger partial charge in [-0.3, -0.25) is 9.59 Å². The van der Waals surface area contributed by atoms with Crippen LogP contribution in [0.1, 0.15) is 25.1 Å². The van der Waals surface area contributed by atoms with E-state index >= 15 is 0 Å². The summed E-state index contributed by atoms with van der Waals surface area (Å²) in [6.45, 7) is 0.745. The molecule has 0 aliphatic carbocycles. The molecule has 0 fully saturated rings. The Balaban J connectivity index is 1.34. The maximum absolute atomic E-state index is 14.8. The molecular weight excluding hydrogens is 457 g/mol. The molecule has 180 valence electrons. The number of halogens is 1. The zero-order valence-corrected chi connectivity index (χ0v) is 19.6. The minimum atomic E-state index is -0.530. The summed E-state index contributed by atoms with van der Waals surface area (Å²) in [5.74, 6) is 0.691. The number of hydrogen-bond acceptors (Lipinski definition) is 4. The molecule has 2 aromatic heterocycles. The van der Waals surface area contributed by atoms with Gasteiger partial charge in [0.05, 0.1) is 16.7 Å². The highest BCUT2D eigenvalue weighted by atomic mass is 19.1. The van der Waals surface area contributed by atoms with E-state index < -0.39 is 11.7 Å². The topological polar surface area (TPSA) is 81.8 Å². The minimum Gasteiger partial charge on any atom is -0.331 e. The van der Waals surface area contributed by atoms with Gasteiger partial charge in [-0.05, 0) is 55.3 Å². The van der Waals surface area contributed by atoms with Crippen LogP contribution in [0.4, 0.5) is 10.1 Å². The van der Waals surface area contributed by atoms with E-state index in [1.165, 1.54) is 6.07 Å². The predicted octanol–water partition coefficient (Wildman–Crippen LogP) is 4.92. The number of para-hydroxylation sites is 2. The first kappa shape index (κ1) is 22.2. The molecule has 1 N–H and O–H groups in total. The van der Waals surface area contributed by atoms with E-state index in [2.05, 4.69) is 20.1 Å². The van der Waals surface area contributed by atoms with Crippen molar-refractivity contribution < 1.29 is 9.18 Å². The molecule has 0 saturated heterocycles. The lowest BCUT2D eigenvalue weighted by Gasteiger charge is -2.15. The first-order valence-corrected chi connectivity index (χ1v) is 12.1. The SMILES string of the molecule is O=C(Cn1c2ccccc2c(=O)c2ccccc21)Nc1cc(-c2nnc3n2CCCCC3)ccc1F. The summed E-state index contributed by atoms with van der Waals surface area (Å²) in [7, 11) is 0. The van der Waals surface area contributed by atoms with Crippen molar-refractivity contribution in [1.29, 1.82) is 0 Å². The lowest BCUT2D eigenvalue weighted by molar-refractivity contribution is -0.116. The zero-order valence-electron chi connectivity index (χ0n) is 19.6. The van der Waals surface area contributed by atoms with E-state index in [1.807, 2.05) is 24.3 Å². The fourth-order valence-corrected chi connectivity index (χ4v) is 5.04. The highest BCUT2D eigenvalue weighted by Gasteiger charge is 2.18. The van der Waals surface area contributed by atoms with Crippen LogP contribution in [-0.4, -0.2) is 25.2 Å². The molecule has 5 aromatic rings. The van der Waals surface area contributed by atoms with E-state index in [-0.39, 0.29) is 17.7 Å². The fraction of sp³-hybridized carbons (Fsp3) is 0.214. The standard InChI is InChI=1S/C28H24FN5O2/c29-21-14-13-18(28-32-31-25-12-2-1-7-15-33(25)28)16-22(21)30-26(35)17-34-23-10-5-3-8-19(23)27(36)20-9-4-6-11-24(20)34/h3-6,8-11,13-14,16H,1-2,7,12,15,17H2,(H,30,35). The molecule has 6 rings (SSSR count). The van der Waals surface area contributed by atoms with Crippen LogP contribution in [0.3, 0.4) is 0 Å². The average molecular weight is 482 g/mol. The third-order valence-corrected chi connectivity index (χ3v) is 6.79. The number of fused-ring (bicyclic) bond motifs is 3. The maximum Gasteiger partial charge on any atom is 0.244 e. The number of amides is 1. The van der Waals surface area contributed by atoms with Gasteiger partial charge in [0, 0.05) is 29.3 Å². The second-order valence-corrected chi connectivity index (χ2v) is 9.09. The molecule has 0 bridgehead atoms. The molecule has 0 radical (unpaired) electrons. The Kier molecular flexibility index (Phi) is 5.56. The third kappa shape index (κ3) is 3.84. The molecule has 0 atom stereocenters. The molecule has 8 heteroatoms. The number of hydrogen-bond donors (Lipinski definition) is 1. The molecule has 1 amide bonds. The van der Waals surface area contributed by atoms with Crippen LogP contribution in [0.25, 0.3) is 33.2 Å². The number of pyridine rings is 1. The number of aromatic nitrogens is 4. The van der Waals surface area contributed by atoms with E-state index in [9.17, 15) is 14.0 Å². The Morgan fingerprint density at radius 3 is 2.39 bits per heavy atom. The maximum atomic E-state index is 14.8. The summed E-state index contributed by atoms with van der Waals surface area (Å²) < 4.78 is 18.6. The van der Waals surface area contributed by atoms with Crippen LogP contribution in [0.2, 0.25) is 0 Å². The largest absolute Gasteiger partial charge is 0.331 e. The van der Waals surface area contributed by atoms with E-state index in [0.29, 0.717) is 33.2 Å². The molecule has 1 aliphatic rings. The van der Waals surface area contributed by atoms with Crippen molar-refractivity contribution >= 4 is 33.4 Å². The predicted molar refractivity (Wildman–Crippen MR) is 137 cm³/mol. The second kappa shape index (κ2) is 9.03. The van der Waals surface area contributed by atoms with E-state index in [0.717, 1.165) is 38.1 Å². The highest BCUT2D eigenvalue weighted by molar-refractivity contribution is 5.97. The minimum absolute atomic E-state index is 0.0781. The van der Waals surface area contributed by atoms with Crippen molar-refractivity contribution in [1.82, 2.24) is 19.3 Å². The quantitative estimate of drug-likeness (QED) is 0.370. The van der Waals surface area contributed by atoms with Gasteiger partial charge in [-0.2, -0.15) is 0 Å². The van der Waals surface area contributed by atoms with Gasteiger partial charge in [0.15, 0.2) is 11.3 Å². The van der Waals surface area contributed by atoms with Crippen LogP contribution >= 0.6 is 0 Å². The van der Waals surface area contributed by atoms with Gasteiger partial charge in [0.25, 0.3) is 0 Å². The molecule has 36 heavy (non-hydrogen) atoms. The van der Waals surface area contributed by atoms with Gasteiger partial charge in [-0.15, -0.1) is 10.2 Å². The molecule has 0 saturated carbocycles. The van der Waals surface area contributed by atoms with E-state index in [4.69, 9.17) is 0 Å². The molecule has 3 aromatic carbocycles. The third-order valence-electron chi connectivity index (χ3n) is 6.79. The molecular formula is C28H24FN5O2. The van der Waals surface area contributed by atoms with Crippen LogP contribution in [0.5, 0.6) is 0 Å². The van der Waals surface area contributed by atoms with Crippen molar-refractivity contribution in [3.8, 4) is 11.4 Å². The molecule has 0 unspecified atom stereocenters. The summed E-state index contributed by atoms with van der Waals surface area (Å²) in [5, 5.41) is 12.5. The molecule has 7 nitrogen and oxygen atoms in total. The average Bonchev–Trinajstić information content (AvgIpc) is 3.15. The van der Waals surface area contributed by atoms with Crippen molar-refractivity contribution in [3.63, 3.8) is 0 Å². The number of nitrogens with one attached hydrogen (secondary N) is 1. The Hall–Kier alpha value is -4.33. The Labute approximate surface area is 206 Å². The van der Waals surface area contributed by atoms with Crippen molar-refractivity contribution in [2.45, 2.75) is 38.8 Å². The fourth-order valence-electron chi connectivity index (χ4n) is 5.04. The number of anilines is 1. The van der Waals surface area contributed by atoms with Gasteiger partial charge < -0.3 is 14.5 Å². The monoisotopic (exact) mass is 481 g/mol. The number of carbonyl (C=O) groups excluding carboxylic acids is 1. The van der Waals surface area contributed by atoms with Gasteiger partial charge >= 0.3 is 0 Å². The number of aryl methyl sites for hydroxylation is 1. The number of nitrogens with zero attached hydrogens (tertiary/aromatic N) is 4. The molecule has 3 heterocycles. The number of carbonyl (C=O) groups is 1. The molecule has 0 spiro atoms.